The molecule has 1 aromatic carbocycles. The molecule has 0 aromatic heterocycles. The summed E-state index contributed by atoms with van der Waals surface area (Å²) >= 11 is 0. The first-order valence-electron chi connectivity index (χ1n) is 10.1. The van der Waals surface area contributed by atoms with Crippen molar-refractivity contribution in [2.24, 2.45) is 4.99 Å². The number of piperazine rings is 1. The van der Waals surface area contributed by atoms with E-state index >= 15 is 0 Å². The number of halogens is 4. The van der Waals surface area contributed by atoms with Crippen LogP contribution in [-0.2, 0) is 11.3 Å². The fraction of sp³-hybridized carbons (Fsp3) is 0.600. The first kappa shape index (κ1) is 27.3. The second kappa shape index (κ2) is 13.6. The van der Waals surface area contributed by atoms with E-state index in [-0.39, 0.29) is 35.6 Å². The first-order chi connectivity index (χ1) is 14.3. The quantitative estimate of drug-likeness (QED) is 0.292. The Hall–Kier alpha value is -1.76. The maximum atomic E-state index is 12.2. The molecular weight excluding hydrogens is 526 g/mol. The van der Waals surface area contributed by atoms with Gasteiger partial charge in [0.25, 0.3) is 0 Å². The first-order valence-corrected chi connectivity index (χ1v) is 10.1. The van der Waals surface area contributed by atoms with E-state index in [0.717, 1.165) is 44.8 Å². The van der Waals surface area contributed by atoms with Gasteiger partial charge in [0.05, 0.1) is 6.54 Å². The molecule has 2 N–H and O–H groups in total. The number of amides is 1. The van der Waals surface area contributed by atoms with Gasteiger partial charge in [-0.3, -0.25) is 9.69 Å². The van der Waals surface area contributed by atoms with E-state index in [2.05, 4.69) is 20.5 Å². The van der Waals surface area contributed by atoms with E-state index in [9.17, 15) is 18.0 Å². The molecule has 1 amide bonds. The maximum Gasteiger partial charge on any atom is 0.422 e. The summed E-state index contributed by atoms with van der Waals surface area (Å²) in [5.41, 5.74) is 0.868. The Morgan fingerprint density at radius 2 is 1.77 bits per heavy atom. The molecule has 0 spiro atoms. The van der Waals surface area contributed by atoms with Crippen molar-refractivity contribution in [3.05, 3.63) is 29.8 Å². The second-order valence-corrected chi connectivity index (χ2v) is 7.02. The summed E-state index contributed by atoms with van der Waals surface area (Å²) < 4.78 is 41.3. The van der Waals surface area contributed by atoms with Crippen LogP contribution in [0.3, 0.4) is 0 Å². The highest BCUT2D eigenvalue weighted by molar-refractivity contribution is 14.0. The summed E-state index contributed by atoms with van der Waals surface area (Å²) in [5, 5.41) is 6.47. The summed E-state index contributed by atoms with van der Waals surface area (Å²) in [6.45, 7) is 8.18. The Morgan fingerprint density at radius 1 is 1.13 bits per heavy atom. The van der Waals surface area contributed by atoms with Crippen molar-refractivity contribution < 1.29 is 22.7 Å². The second-order valence-electron chi connectivity index (χ2n) is 7.02. The molecule has 0 bridgehead atoms. The summed E-state index contributed by atoms with van der Waals surface area (Å²) in [7, 11) is 0. The average molecular weight is 557 g/mol. The van der Waals surface area contributed by atoms with E-state index in [0.29, 0.717) is 19.0 Å². The minimum Gasteiger partial charge on any atom is -0.484 e. The number of ether oxygens (including phenoxy) is 1. The van der Waals surface area contributed by atoms with Crippen molar-refractivity contribution in [2.45, 2.75) is 26.6 Å². The fourth-order valence-corrected chi connectivity index (χ4v) is 2.99. The third-order valence-corrected chi connectivity index (χ3v) is 4.63. The van der Waals surface area contributed by atoms with Crippen molar-refractivity contribution in [3.8, 4) is 5.75 Å². The van der Waals surface area contributed by atoms with Crippen LogP contribution in [0, 0.1) is 0 Å². The molecule has 1 aliphatic rings. The van der Waals surface area contributed by atoms with Crippen molar-refractivity contribution >= 4 is 35.8 Å². The number of alkyl halides is 3. The SMILES string of the molecule is CCNC(=NCc1ccc(OCC(F)(F)F)cc1)NCCN1CCN(C(C)=O)CC1.I. The predicted molar refractivity (Wildman–Crippen MR) is 125 cm³/mol. The van der Waals surface area contributed by atoms with Crippen molar-refractivity contribution in [2.75, 3.05) is 52.4 Å². The van der Waals surface area contributed by atoms with Gasteiger partial charge in [-0.15, -0.1) is 24.0 Å². The van der Waals surface area contributed by atoms with Gasteiger partial charge in [0.1, 0.15) is 5.75 Å². The lowest BCUT2D eigenvalue weighted by Crippen LogP contribution is -2.50. The van der Waals surface area contributed by atoms with Gasteiger partial charge in [-0.1, -0.05) is 12.1 Å². The third kappa shape index (κ3) is 10.9. The number of carbonyl (C=O) groups excluding carboxylic acids is 1. The van der Waals surface area contributed by atoms with Gasteiger partial charge >= 0.3 is 6.18 Å². The average Bonchev–Trinajstić information content (AvgIpc) is 2.71. The smallest absolute Gasteiger partial charge is 0.422 e. The molecule has 1 fully saturated rings. The van der Waals surface area contributed by atoms with Gasteiger partial charge < -0.3 is 20.3 Å². The highest BCUT2D eigenvalue weighted by Gasteiger charge is 2.28. The van der Waals surface area contributed by atoms with Gasteiger partial charge in [-0.2, -0.15) is 13.2 Å². The third-order valence-electron chi connectivity index (χ3n) is 4.63. The number of hydrogen-bond acceptors (Lipinski definition) is 4. The maximum absolute atomic E-state index is 12.2. The van der Waals surface area contributed by atoms with Crippen LogP contribution in [0.15, 0.2) is 29.3 Å². The zero-order valence-corrected chi connectivity index (χ0v) is 20.2. The molecule has 1 saturated heterocycles. The van der Waals surface area contributed by atoms with Crippen LogP contribution in [0.2, 0.25) is 0 Å². The van der Waals surface area contributed by atoms with Crippen LogP contribution >= 0.6 is 24.0 Å². The predicted octanol–water partition coefficient (Wildman–Crippen LogP) is 2.46. The molecule has 11 heteroatoms. The van der Waals surface area contributed by atoms with Crippen LogP contribution in [0.1, 0.15) is 19.4 Å². The van der Waals surface area contributed by atoms with Gasteiger partial charge in [-0.05, 0) is 24.6 Å². The molecule has 1 aliphatic heterocycles. The molecule has 0 atom stereocenters. The highest BCUT2D eigenvalue weighted by Crippen LogP contribution is 2.19. The minimum atomic E-state index is -4.35. The van der Waals surface area contributed by atoms with Gasteiger partial charge in [0.2, 0.25) is 5.91 Å². The number of nitrogens with one attached hydrogen (secondary N) is 2. The molecule has 176 valence electrons. The Labute approximate surface area is 198 Å². The molecule has 1 heterocycles. The van der Waals surface area contributed by atoms with E-state index < -0.39 is 12.8 Å². The number of aliphatic imine (C=N–C) groups is 1. The lowest BCUT2D eigenvalue weighted by molar-refractivity contribution is -0.153. The Balaban J connectivity index is 0.00000480. The monoisotopic (exact) mass is 557 g/mol. The van der Waals surface area contributed by atoms with Crippen LogP contribution in [0.25, 0.3) is 0 Å². The highest BCUT2D eigenvalue weighted by atomic mass is 127. The summed E-state index contributed by atoms with van der Waals surface area (Å²) in [6.07, 6.45) is -4.35. The number of benzene rings is 1. The summed E-state index contributed by atoms with van der Waals surface area (Å²) in [6, 6.07) is 6.43. The topological polar surface area (TPSA) is 69.2 Å². The Morgan fingerprint density at radius 3 is 2.32 bits per heavy atom. The van der Waals surface area contributed by atoms with Crippen LogP contribution < -0.4 is 15.4 Å². The van der Waals surface area contributed by atoms with E-state index in [4.69, 9.17) is 4.74 Å². The summed E-state index contributed by atoms with van der Waals surface area (Å²) in [4.78, 5) is 20.1. The van der Waals surface area contributed by atoms with Gasteiger partial charge in [0, 0.05) is 52.7 Å². The zero-order chi connectivity index (χ0) is 22.0. The fourth-order valence-electron chi connectivity index (χ4n) is 2.99. The Kier molecular flexibility index (Phi) is 12.0. The normalized spacial score (nSPS) is 15.3. The lowest BCUT2D eigenvalue weighted by Gasteiger charge is -2.34. The number of hydrogen-bond donors (Lipinski definition) is 2. The number of nitrogens with zero attached hydrogens (tertiary/aromatic N) is 3. The number of guanidine groups is 1. The standard InChI is InChI=1S/C20H30F3N5O2.HI/c1-3-24-19(25-8-9-27-10-12-28(13-11-27)16(2)29)26-14-17-4-6-18(7-5-17)30-15-20(21,22)23;/h4-7H,3,8-15H2,1-2H3,(H2,24,25,26);1H. The van der Waals surface area contributed by atoms with Crippen molar-refractivity contribution in [1.82, 2.24) is 20.4 Å². The van der Waals surface area contributed by atoms with E-state index in [1.807, 2.05) is 11.8 Å². The van der Waals surface area contributed by atoms with Crippen LogP contribution in [-0.4, -0.2) is 80.3 Å². The molecule has 31 heavy (non-hydrogen) atoms. The van der Waals surface area contributed by atoms with Gasteiger partial charge in [-0.25, -0.2) is 4.99 Å². The molecule has 2 rings (SSSR count). The molecule has 1 aromatic rings. The molecule has 0 aliphatic carbocycles. The molecule has 0 unspecified atom stereocenters. The van der Waals surface area contributed by atoms with Crippen molar-refractivity contribution in [3.63, 3.8) is 0 Å². The summed E-state index contributed by atoms with van der Waals surface area (Å²) in [5.74, 6) is 0.974. The minimum absolute atomic E-state index is 0. The molecular formula is C20H31F3IN5O2. The van der Waals surface area contributed by atoms with E-state index in [1.165, 1.54) is 12.1 Å². The zero-order valence-electron chi connectivity index (χ0n) is 17.9. The van der Waals surface area contributed by atoms with E-state index in [1.54, 1.807) is 19.1 Å². The molecule has 0 saturated carbocycles. The van der Waals surface area contributed by atoms with Gasteiger partial charge in [0.15, 0.2) is 12.6 Å². The lowest BCUT2D eigenvalue weighted by atomic mass is 10.2. The molecule has 0 radical (unpaired) electrons. The van der Waals surface area contributed by atoms with Crippen LogP contribution in [0.4, 0.5) is 13.2 Å². The number of rotatable bonds is 8. The van der Waals surface area contributed by atoms with Crippen molar-refractivity contribution in [1.29, 1.82) is 0 Å². The largest absolute Gasteiger partial charge is 0.484 e. The Bertz CT molecular complexity index is 693. The molecule has 7 nitrogen and oxygen atoms in total. The van der Waals surface area contributed by atoms with Crippen LogP contribution in [0.5, 0.6) is 5.75 Å². The number of carbonyl (C=O) groups is 1.